The Morgan fingerprint density at radius 1 is 1.30 bits per heavy atom. The zero-order chi connectivity index (χ0) is 21.3. The van der Waals surface area contributed by atoms with E-state index in [-0.39, 0.29) is 5.91 Å². The molecule has 3 heterocycles. The lowest BCUT2D eigenvalue weighted by Gasteiger charge is -2.40. The predicted octanol–water partition coefficient (Wildman–Crippen LogP) is 2.75. The number of hydrogen-bond acceptors (Lipinski definition) is 7. The van der Waals surface area contributed by atoms with Gasteiger partial charge in [0, 0.05) is 36.8 Å². The van der Waals surface area contributed by atoms with Crippen molar-refractivity contribution in [3.05, 3.63) is 41.7 Å². The number of aryl methyl sites for hydroxylation is 1. The Morgan fingerprint density at radius 2 is 2.10 bits per heavy atom. The second kappa shape index (κ2) is 8.41. The fourth-order valence-electron chi connectivity index (χ4n) is 3.53. The van der Waals surface area contributed by atoms with Gasteiger partial charge in [-0.1, -0.05) is 13.8 Å². The summed E-state index contributed by atoms with van der Waals surface area (Å²) < 4.78 is 4.82. The van der Waals surface area contributed by atoms with E-state index >= 15 is 0 Å². The third-order valence-corrected chi connectivity index (χ3v) is 6.16. The van der Waals surface area contributed by atoms with Crippen molar-refractivity contribution in [2.24, 2.45) is 12.0 Å². The summed E-state index contributed by atoms with van der Waals surface area (Å²) in [6, 6.07) is 5.87. The van der Waals surface area contributed by atoms with Gasteiger partial charge in [-0.2, -0.15) is 5.10 Å². The molecule has 2 aliphatic heterocycles. The molecule has 1 aromatic heterocycles. The molecule has 2 N–H and O–H groups in total. The second-order valence-electron chi connectivity index (χ2n) is 7.52. The molecule has 0 radical (unpaired) electrons. The van der Waals surface area contributed by atoms with Gasteiger partial charge in [-0.05, 0) is 49.4 Å². The SMILES string of the molecule is CC.Cn1cc(CN2C(=O)c3cc(SNC4(O)CC4)ccc3N3CCCN=C23)cn1. The molecule has 0 unspecified atom stereocenters. The fourth-order valence-corrected chi connectivity index (χ4v) is 4.35. The quantitative estimate of drug-likeness (QED) is 0.563. The minimum Gasteiger partial charge on any atom is -0.375 e. The van der Waals surface area contributed by atoms with Crippen LogP contribution in [0.4, 0.5) is 5.69 Å². The Morgan fingerprint density at radius 3 is 2.80 bits per heavy atom. The lowest BCUT2D eigenvalue weighted by atomic mass is 10.1. The number of amides is 1. The van der Waals surface area contributed by atoms with Gasteiger partial charge in [0.2, 0.25) is 5.96 Å². The molecule has 1 fully saturated rings. The Kier molecular flexibility index (Phi) is 5.86. The minimum absolute atomic E-state index is 0.0525. The highest BCUT2D eigenvalue weighted by atomic mass is 32.2. The summed E-state index contributed by atoms with van der Waals surface area (Å²) in [5.41, 5.74) is 1.78. The van der Waals surface area contributed by atoms with E-state index in [0.717, 1.165) is 54.5 Å². The molecule has 0 bridgehead atoms. The van der Waals surface area contributed by atoms with Gasteiger partial charge in [0.25, 0.3) is 5.91 Å². The maximum absolute atomic E-state index is 13.4. The van der Waals surface area contributed by atoms with Gasteiger partial charge in [0.15, 0.2) is 0 Å². The lowest BCUT2D eigenvalue weighted by Crippen LogP contribution is -2.53. The van der Waals surface area contributed by atoms with Gasteiger partial charge in [-0.25, -0.2) is 4.72 Å². The van der Waals surface area contributed by atoms with Crippen LogP contribution in [-0.4, -0.2) is 50.5 Å². The molecular formula is C21H28N6O2S. The zero-order valence-corrected chi connectivity index (χ0v) is 18.4. The molecule has 8 nitrogen and oxygen atoms in total. The average Bonchev–Trinajstić information content (AvgIpc) is 3.38. The molecule has 5 rings (SSSR count). The Labute approximate surface area is 181 Å². The van der Waals surface area contributed by atoms with Crippen molar-refractivity contribution in [1.29, 1.82) is 0 Å². The Bertz CT molecular complexity index is 968. The maximum Gasteiger partial charge on any atom is 0.263 e. The zero-order valence-electron chi connectivity index (χ0n) is 17.6. The summed E-state index contributed by atoms with van der Waals surface area (Å²) in [6.07, 6.45) is 6.18. The number of rotatable bonds is 5. The van der Waals surface area contributed by atoms with Crippen molar-refractivity contribution in [2.45, 2.75) is 50.3 Å². The van der Waals surface area contributed by atoms with Gasteiger partial charge in [-0.15, -0.1) is 0 Å². The predicted molar refractivity (Wildman–Crippen MR) is 118 cm³/mol. The number of benzene rings is 1. The highest BCUT2D eigenvalue weighted by Crippen LogP contribution is 2.37. The van der Waals surface area contributed by atoms with Crippen molar-refractivity contribution in [2.75, 3.05) is 18.0 Å². The van der Waals surface area contributed by atoms with Crippen LogP contribution in [0.2, 0.25) is 0 Å². The second-order valence-corrected chi connectivity index (χ2v) is 8.39. The van der Waals surface area contributed by atoms with Crippen LogP contribution in [0.3, 0.4) is 0 Å². The van der Waals surface area contributed by atoms with Crippen molar-refractivity contribution in [3.63, 3.8) is 0 Å². The molecule has 0 spiro atoms. The highest BCUT2D eigenvalue weighted by molar-refractivity contribution is 7.97. The van der Waals surface area contributed by atoms with E-state index in [1.807, 2.05) is 45.3 Å². The van der Waals surface area contributed by atoms with E-state index in [2.05, 4.69) is 19.7 Å². The highest BCUT2D eigenvalue weighted by Gasteiger charge is 2.41. The molecular weight excluding hydrogens is 400 g/mol. The van der Waals surface area contributed by atoms with Crippen LogP contribution in [0.5, 0.6) is 0 Å². The normalized spacial score (nSPS) is 18.8. The van der Waals surface area contributed by atoms with Crippen molar-refractivity contribution in [1.82, 2.24) is 19.4 Å². The molecule has 1 saturated carbocycles. The first kappa shape index (κ1) is 20.9. The largest absolute Gasteiger partial charge is 0.375 e. The molecule has 1 aromatic carbocycles. The number of hydrogen-bond donors (Lipinski definition) is 2. The average molecular weight is 429 g/mol. The number of guanidine groups is 1. The van der Waals surface area contributed by atoms with Gasteiger partial charge >= 0.3 is 0 Å². The monoisotopic (exact) mass is 428 g/mol. The van der Waals surface area contributed by atoms with Gasteiger partial charge in [0.05, 0.1) is 24.0 Å². The number of anilines is 1. The van der Waals surface area contributed by atoms with Crippen LogP contribution in [0.1, 0.15) is 49.0 Å². The van der Waals surface area contributed by atoms with Crippen LogP contribution in [0.25, 0.3) is 0 Å². The lowest BCUT2D eigenvalue weighted by molar-refractivity contribution is 0.0830. The third-order valence-electron chi connectivity index (χ3n) is 5.19. The van der Waals surface area contributed by atoms with E-state index in [4.69, 9.17) is 0 Å². The summed E-state index contributed by atoms with van der Waals surface area (Å²) in [5, 5.41) is 14.2. The number of nitrogens with one attached hydrogen (secondary N) is 1. The first-order chi connectivity index (χ1) is 14.5. The van der Waals surface area contributed by atoms with Crippen LogP contribution < -0.4 is 9.62 Å². The fraction of sp³-hybridized carbons (Fsp3) is 0.476. The van der Waals surface area contributed by atoms with Crippen molar-refractivity contribution >= 4 is 29.5 Å². The van der Waals surface area contributed by atoms with Crippen LogP contribution in [0, 0.1) is 0 Å². The number of aliphatic hydroxyl groups is 1. The number of aromatic nitrogens is 2. The van der Waals surface area contributed by atoms with Gasteiger partial charge in [0.1, 0.15) is 5.72 Å². The van der Waals surface area contributed by atoms with Gasteiger partial charge < -0.3 is 10.0 Å². The number of carbonyl (C=O) groups is 1. The maximum atomic E-state index is 13.4. The number of aliphatic imine (C=N–C) groups is 1. The topological polar surface area (TPSA) is 86.0 Å². The molecule has 9 heteroatoms. The minimum atomic E-state index is -0.760. The summed E-state index contributed by atoms with van der Waals surface area (Å²) in [7, 11) is 1.87. The van der Waals surface area contributed by atoms with E-state index in [1.54, 1.807) is 15.8 Å². The molecule has 0 atom stereocenters. The van der Waals surface area contributed by atoms with Gasteiger partial charge in [-0.3, -0.25) is 19.4 Å². The number of fused-ring (bicyclic) bond motifs is 3. The Hall–Kier alpha value is -2.36. The first-order valence-electron chi connectivity index (χ1n) is 10.4. The summed E-state index contributed by atoms with van der Waals surface area (Å²) in [4.78, 5) is 22.8. The van der Waals surface area contributed by atoms with E-state index < -0.39 is 5.72 Å². The molecule has 0 saturated heterocycles. The molecule has 160 valence electrons. The molecule has 30 heavy (non-hydrogen) atoms. The van der Waals surface area contributed by atoms with Crippen LogP contribution in [0.15, 0.2) is 40.5 Å². The van der Waals surface area contributed by atoms with Crippen molar-refractivity contribution < 1.29 is 9.90 Å². The summed E-state index contributed by atoms with van der Waals surface area (Å²) in [5.74, 6) is 0.668. The van der Waals surface area contributed by atoms with E-state index in [0.29, 0.717) is 12.1 Å². The standard InChI is InChI=1S/C19H22N6O2S.C2H6/c1-23-11-13(10-21-23)12-25-17(26)15-9-14(28-22-19(27)5-6-19)3-4-16(15)24-8-2-7-20-18(24)25;1-2/h3-4,9-11,22,27H,2,5-8,12H2,1H3;1-2H3. The summed E-state index contributed by atoms with van der Waals surface area (Å²) in [6.45, 7) is 6.01. The smallest absolute Gasteiger partial charge is 0.263 e. The summed E-state index contributed by atoms with van der Waals surface area (Å²) >= 11 is 1.37. The number of carbonyl (C=O) groups excluding carboxylic acids is 1. The van der Waals surface area contributed by atoms with E-state index in [9.17, 15) is 9.90 Å². The van der Waals surface area contributed by atoms with Crippen LogP contribution in [-0.2, 0) is 13.6 Å². The van der Waals surface area contributed by atoms with E-state index in [1.165, 1.54) is 11.9 Å². The third kappa shape index (κ3) is 4.10. The van der Waals surface area contributed by atoms with Crippen molar-refractivity contribution in [3.8, 4) is 0 Å². The molecule has 1 amide bonds. The molecule has 1 aliphatic carbocycles. The Balaban J connectivity index is 0.00000106. The molecule has 3 aliphatic rings. The number of nitrogens with zero attached hydrogens (tertiary/aromatic N) is 5. The molecule has 2 aromatic rings. The first-order valence-corrected chi connectivity index (χ1v) is 11.3. The van der Waals surface area contributed by atoms with Crippen LogP contribution >= 0.6 is 11.9 Å².